The second-order valence-corrected chi connectivity index (χ2v) is 3.59. The molecule has 0 saturated carbocycles. The molecule has 62 valence electrons. The minimum absolute atomic E-state index is 0.634. The molecule has 12 heavy (non-hydrogen) atoms. The molecule has 1 heterocycles. The topological polar surface area (TPSA) is 22.1 Å². The molecule has 0 fully saturated rings. The van der Waals surface area contributed by atoms with Crippen molar-refractivity contribution < 1.29 is 4.74 Å². The lowest BCUT2D eigenvalue weighted by molar-refractivity contribution is 0.415. The maximum absolute atomic E-state index is 5.91. The summed E-state index contributed by atoms with van der Waals surface area (Å²) in [5, 5.41) is 1.70. The Morgan fingerprint density at radius 3 is 3.08 bits per heavy atom. The Morgan fingerprint density at radius 2 is 2.33 bits per heavy atom. The summed E-state index contributed by atoms with van der Waals surface area (Å²) < 4.78 is 10.2. The van der Waals surface area contributed by atoms with Gasteiger partial charge in [0, 0.05) is 11.6 Å². The van der Waals surface area contributed by atoms with E-state index in [0.717, 1.165) is 10.1 Å². The lowest BCUT2D eigenvalue weighted by Crippen LogP contribution is -1.82. The van der Waals surface area contributed by atoms with Crippen molar-refractivity contribution in [1.82, 2.24) is 4.37 Å². The highest BCUT2D eigenvalue weighted by molar-refractivity contribution is 7.13. The molecule has 4 heteroatoms. The maximum Gasteiger partial charge on any atom is 0.138 e. The monoisotopic (exact) mass is 199 g/mol. The maximum atomic E-state index is 5.91. The zero-order valence-corrected chi connectivity index (χ0v) is 7.95. The molecule has 0 amide bonds. The molecule has 0 radical (unpaired) electrons. The molecule has 0 atom stereocenters. The molecule has 0 aliphatic carbocycles. The molecular weight excluding hydrogens is 194 g/mol. The van der Waals surface area contributed by atoms with Crippen LogP contribution in [0.3, 0.4) is 0 Å². The Bertz CT molecular complexity index is 412. The highest BCUT2D eigenvalue weighted by Gasteiger charge is 2.03. The zero-order valence-electron chi connectivity index (χ0n) is 6.37. The van der Waals surface area contributed by atoms with Crippen molar-refractivity contribution in [2.45, 2.75) is 0 Å². The lowest BCUT2D eigenvalue weighted by Gasteiger charge is -2.01. The Balaban J connectivity index is 2.73. The first-order chi connectivity index (χ1) is 5.81. The van der Waals surface area contributed by atoms with Gasteiger partial charge >= 0.3 is 0 Å². The van der Waals surface area contributed by atoms with Gasteiger partial charge in [-0.25, -0.2) is 0 Å². The number of aromatic nitrogens is 1. The van der Waals surface area contributed by atoms with Crippen LogP contribution in [0.5, 0.6) is 5.75 Å². The van der Waals surface area contributed by atoms with E-state index in [4.69, 9.17) is 16.3 Å². The van der Waals surface area contributed by atoms with E-state index in [1.54, 1.807) is 13.3 Å². The Hall–Kier alpha value is -0.800. The van der Waals surface area contributed by atoms with Crippen molar-refractivity contribution in [1.29, 1.82) is 0 Å². The largest absolute Gasteiger partial charge is 0.495 e. The van der Waals surface area contributed by atoms with Gasteiger partial charge < -0.3 is 4.74 Å². The lowest BCUT2D eigenvalue weighted by atomic mass is 10.3. The third-order valence-corrected chi connectivity index (χ3v) is 2.68. The van der Waals surface area contributed by atoms with Crippen molar-refractivity contribution in [3.05, 3.63) is 23.4 Å². The quantitative estimate of drug-likeness (QED) is 0.705. The van der Waals surface area contributed by atoms with Crippen LogP contribution in [0.4, 0.5) is 0 Å². The summed E-state index contributed by atoms with van der Waals surface area (Å²) in [5.41, 5.74) is 0. The molecule has 0 saturated heterocycles. The molecule has 0 N–H and O–H groups in total. The van der Waals surface area contributed by atoms with E-state index in [-0.39, 0.29) is 0 Å². The van der Waals surface area contributed by atoms with Crippen molar-refractivity contribution >= 4 is 33.2 Å². The van der Waals surface area contributed by atoms with Gasteiger partial charge in [0.2, 0.25) is 0 Å². The molecular formula is C8H6ClNOS. The zero-order chi connectivity index (χ0) is 8.55. The number of rotatable bonds is 1. The fraction of sp³-hybridized carbons (Fsp3) is 0.125. The Labute approximate surface area is 78.9 Å². The van der Waals surface area contributed by atoms with Crippen molar-refractivity contribution in [2.24, 2.45) is 0 Å². The number of methoxy groups -OCH3 is 1. The van der Waals surface area contributed by atoms with E-state index < -0.39 is 0 Å². The number of halogens is 1. The third kappa shape index (κ3) is 1.15. The second kappa shape index (κ2) is 2.92. The number of hydrogen-bond donors (Lipinski definition) is 0. The molecule has 0 aliphatic heterocycles. The normalized spacial score (nSPS) is 10.5. The van der Waals surface area contributed by atoms with Crippen molar-refractivity contribution in [3.8, 4) is 5.75 Å². The van der Waals surface area contributed by atoms with Crippen LogP contribution in [-0.4, -0.2) is 11.5 Å². The minimum atomic E-state index is 0.634. The van der Waals surface area contributed by atoms with Gasteiger partial charge in [-0.2, -0.15) is 4.37 Å². The number of ether oxygens (including phenoxy) is 1. The number of hydrogen-bond acceptors (Lipinski definition) is 3. The first-order valence-electron chi connectivity index (χ1n) is 3.39. The summed E-state index contributed by atoms with van der Waals surface area (Å²) in [5.74, 6) is 0.698. The van der Waals surface area contributed by atoms with E-state index in [2.05, 4.69) is 4.37 Å². The molecule has 0 aliphatic rings. The first kappa shape index (κ1) is 7.83. The van der Waals surface area contributed by atoms with E-state index in [1.165, 1.54) is 11.5 Å². The second-order valence-electron chi connectivity index (χ2n) is 2.35. The standard InChI is InChI=1S/C8H6ClNOS/c1-11-7-2-5-4-10-12-8(5)3-6(7)9/h2-4H,1H3. The van der Waals surface area contributed by atoms with Gasteiger partial charge in [-0.3, -0.25) is 0 Å². The van der Waals surface area contributed by atoms with Crippen LogP contribution in [0.15, 0.2) is 18.3 Å². The Kier molecular flexibility index (Phi) is 1.90. The van der Waals surface area contributed by atoms with Crippen LogP contribution in [0.2, 0.25) is 5.02 Å². The van der Waals surface area contributed by atoms with E-state index in [0.29, 0.717) is 10.8 Å². The highest BCUT2D eigenvalue weighted by Crippen LogP contribution is 2.31. The Morgan fingerprint density at radius 1 is 1.50 bits per heavy atom. The van der Waals surface area contributed by atoms with Crippen LogP contribution >= 0.6 is 23.1 Å². The van der Waals surface area contributed by atoms with Gasteiger partial charge in [-0.1, -0.05) is 11.6 Å². The van der Waals surface area contributed by atoms with E-state index in [9.17, 15) is 0 Å². The summed E-state index contributed by atoms with van der Waals surface area (Å²) in [6.07, 6.45) is 1.80. The van der Waals surface area contributed by atoms with E-state index in [1.807, 2.05) is 12.1 Å². The number of benzene rings is 1. The van der Waals surface area contributed by atoms with Crippen LogP contribution in [-0.2, 0) is 0 Å². The molecule has 0 bridgehead atoms. The smallest absolute Gasteiger partial charge is 0.138 e. The average molecular weight is 200 g/mol. The summed E-state index contributed by atoms with van der Waals surface area (Å²) in [6.45, 7) is 0. The minimum Gasteiger partial charge on any atom is -0.495 e. The van der Waals surface area contributed by atoms with Gasteiger partial charge in [0.05, 0.1) is 16.8 Å². The third-order valence-electron chi connectivity index (χ3n) is 1.63. The summed E-state index contributed by atoms with van der Waals surface area (Å²) in [7, 11) is 1.60. The predicted molar refractivity (Wildman–Crippen MR) is 51.2 cm³/mol. The van der Waals surface area contributed by atoms with E-state index >= 15 is 0 Å². The van der Waals surface area contributed by atoms with Crippen LogP contribution in [0.1, 0.15) is 0 Å². The molecule has 2 nitrogen and oxygen atoms in total. The van der Waals surface area contributed by atoms with Crippen LogP contribution in [0, 0.1) is 0 Å². The summed E-state index contributed by atoms with van der Waals surface area (Å²) in [4.78, 5) is 0. The van der Waals surface area contributed by atoms with Crippen molar-refractivity contribution in [3.63, 3.8) is 0 Å². The van der Waals surface area contributed by atoms with Crippen molar-refractivity contribution in [2.75, 3.05) is 7.11 Å². The SMILES string of the molecule is COc1cc2cnsc2cc1Cl. The van der Waals surface area contributed by atoms with Gasteiger partial charge in [0.25, 0.3) is 0 Å². The van der Waals surface area contributed by atoms with Gasteiger partial charge in [0.1, 0.15) is 5.75 Å². The number of nitrogens with zero attached hydrogens (tertiary/aromatic N) is 1. The summed E-state index contributed by atoms with van der Waals surface area (Å²) in [6, 6.07) is 3.76. The first-order valence-corrected chi connectivity index (χ1v) is 4.54. The number of fused-ring (bicyclic) bond motifs is 1. The highest BCUT2D eigenvalue weighted by atomic mass is 35.5. The molecule has 0 unspecified atom stereocenters. The van der Waals surface area contributed by atoms with Gasteiger partial charge in [0.15, 0.2) is 0 Å². The molecule has 1 aromatic heterocycles. The van der Waals surface area contributed by atoms with Crippen LogP contribution < -0.4 is 4.74 Å². The molecule has 1 aromatic carbocycles. The average Bonchev–Trinajstić information content (AvgIpc) is 2.49. The predicted octanol–water partition coefficient (Wildman–Crippen LogP) is 2.96. The fourth-order valence-corrected chi connectivity index (χ4v) is 2.00. The molecule has 2 aromatic rings. The van der Waals surface area contributed by atoms with Gasteiger partial charge in [-0.05, 0) is 23.7 Å². The van der Waals surface area contributed by atoms with Crippen LogP contribution in [0.25, 0.3) is 10.1 Å². The summed E-state index contributed by atoms with van der Waals surface area (Å²) >= 11 is 7.34. The molecule has 0 spiro atoms. The molecule has 2 rings (SSSR count). The fourth-order valence-electron chi connectivity index (χ4n) is 1.03. The van der Waals surface area contributed by atoms with Gasteiger partial charge in [-0.15, -0.1) is 0 Å².